The zero-order valence-corrected chi connectivity index (χ0v) is 10.5. The number of carbonyl (C=O) groups excluding carboxylic acids is 1. The van der Waals surface area contributed by atoms with Crippen LogP contribution in [0.15, 0.2) is 12.1 Å². The molecule has 0 unspecified atom stereocenters. The van der Waals surface area contributed by atoms with Crippen LogP contribution in [0.3, 0.4) is 0 Å². The van der Waals surface area contributed by atoms with Gasteiger partial charge in [-0.05, 0) is 32.5 Å². The Labute approximate surface area is 105 Å². The molecule has 1 aliphatic heterocycles. The number of hydrogen-bond donors (Lipinski definition) is 1. The summed E-state index contributed by atoms with van der Waals surface area (Å²) >= 11 is 0. The molecule has 0 atom stereocenters. The highest BCUT2D eigenvalue weighted by Crippen LogP contribution is 2.39. The van der Waals surface area contributed by atoms with Crippen molar-refractivity contribution >= 4 is 5.78 Å². The number of nitrogens with two attached hydrogens (primary N) is 1. The van der Waals surface area contributed by atoms with E-state index >= 15 is 0 Å². The van der Waals surface area contributed by atoms with Crippen molar-refractivity contribution in [3.8, 4) is 11.5 Å². The van der Waals surface area contributed by atoms with Gasteiger partial charge in [0, 0.05) is 17.5 Å². The van der Waals surface area contributed by atoms with Crippen LogP contribution in [-0.4, -0.2) is 19.1 Å². The summed E-state index contributed by atoms with van der Waals surface area (Å²) in [6, 6.07) is 3.07. The fourth-order valence-corrected chi connectivity index (χ4v) is 1.93. The molecule has 0 radical (unpaired) electrons. The first-order valence-electron chi connectivity index (χ1n) is 5.80. The number of hydrogen-bond acceptors (Lipinski definition) is 4. The average molecular weight is 253 g/mol. The SMILES string of the molecule is CC(C)(F)c1cc2c(cc1C(=O)CCN)OCO2. The maximum absolute atomic E-state index is 14.2. The Kier molecular flexibility index (Phi) is 3.26. The number of carbonyl (C=O) groups is 1. The highest BCUT2D eigenvalue weighted by atomic mass is 19.1. The minimum atomic E-state index is -1.62. The lowest BCUT2D eigenvalue weighted by atomic mass is 9.91. The van der Waals surface area contributed by atoms with Crippen LogP contribution < -0.4 is 15.2 Å². The predicted octanol–water partition coefficient (Wildman–Crippen LogP) is 2.15. The van der Waals surface area contributed by atoms with E-state index in [0.717, 1.165) is 0 Å². The third-order valence-electron chi connectivity index (χ3n) is 2.83. The summed E-state index contributed by atoms with van der Waals surface area (Å²) < 4.78 is 24.6. The van der Waals surface area contributed by atoms with Gasteiger partial charge in [0.15, 0.2) is 17.3 Å². The molecular weight excluding hydrogens is 237 g/mol. The lowest BCUT2D eigenvalue weighted by molar-refractivity contribution is 0.0978. The number of alkyl halides is 1. The van der Waals surface area contributed by atoms with E-state index in [0.29, 0.717) is 22.6 Å². The number of fused-ring (bicyclic) bond motifs is 1. The molecule has 0 bridgehead atoms. The van der Waals surface area contributed by atoms with Crippen LogP contribution in [0.1, 0.15) is 36.2 Å². The summed E-state index contributed by atoms with van der Waals surface area (Å²) in [6.45, 7) is 3.14. The number of rotatable bonds is 4. The van der Waals surface area contributed by atoms with Crippen LogP contribution in [0.4, 0.5) is 4.39 Å². The van der Waals surface area contributed by atoms with E-state index in [1.54, 1.807) is 0 Å². The molecule has 0 aromatic heterocycles. The van der Waals surface area contributed by atoms with Gasteiger partial charge in [-0.25, -0.2) is 4.39 Å². The molecule has 0 spiro atoms. The summed E-state index contributed by atoms with van der Waals surface area (Å²) in [5.74, 6) is 0.764. The first kappa shape index (κ1) is 12.8. The Morgan fingerprint density at radius 3 is 2.56 bits per heavy atom. The van der Waals surface area contributed by atoms with Crippen molar-refractivity contribution in [1.82, 2.24) is 0 Å². The van der Waals surface area contributed by atoms with Crippen molar-refractivity contribution in [2.75, 3.05) is 13.3 Å². The number of ether oxygens (including phenoxy) is 2. The van der Waals surface area contributed by atoms with Crippen molar-refractivity contribution in [2.24, 2.45) is 5.73 Å². The van der Waals surface area contributed by atoms with Gasteiger partial charge in [0.25, 0.3) is 0 Å². The van der Waals surface area contributed by atoms with Gasteiger partial charge >= 0.3 is 0 Å². The summed E-state index contributed by atoms with van der Waals surface area (Å²) in [4.78, 5) is 12.0. The molecule has 1 aromatic carbocycles. The van der Waals surface area contributed by atoms with Crippen molar-refractivity contribution in [2.45, 2.75) is 25.9 Å². The molecule has 4 nitrogen and oxygen atoms in total. The van der Waals surface area contributed by atoms with Gasteiger partial charge in [-0.1, -0.05) is 0 Å². The van der Waals surface area contributed by atoms with Crippen molar-refractivity contribution in [1.29, 1.82) is 0 Å². The van der Waals surface area contributed by atoms with Gasteiger partial charge < -0.3 is 15.2 Å². The van der Waals surface area contributed by atoms with Crippen LogP contribution in [-0.2, 0) is 5.67 Å². The normalized spacial score (nSPS) is 13.8. The number of ketones is 1. The lowest BCUT2D eigenvalue weighted by Gasteiger charge is -2.19. The van der Waals surface area contributed by atoms with Gasteiger partial charge in [0.2, 0.25) is 6.79 Å². The molecule has 18 heavy (non-hydrogen) atoms. The zero-order chi connectivity index (χ0) is 13.3. The molecule has 0 aliphatic carbocycles. The van der Waals surface area contributed by atoms with E-state index in [4.69, 9.17) is 15.2 Å². The van der Waals surface area contributed by atoms with Crippen molar-refractivity contribution in [3.63, 3.8) is 0 Å². The average Bonchev–Trinajstić information content (AvgIpc) is 2.73. The summed E-state index contributed by atoms with van der Waals surface area (Å²) in [5, 5.41) is 0. The highest BCUT2D eigenvalue weighted by Gasteiger charge is 2.29. The third kappa shape index (κ3) is 2.31. The zero-order valence-electron chi connectivity index (χ0n) is 10.5. The quantitative estimate of drug-likeness (QED) is 0.835. The van der Waals surface area contributed by atoms with Crippen molar-refractivity contribution in [3.05, 3.63) is 23.3 Å². The smallest absolute Gasteiger partial charge is 0.231 e. The maximum atomic E-state index is 14.2. The monoisotopic (exact) mass is 253 g/mol. The fraction of sp³-hybridized carbons (Fsp3) is 0.462. The first-order valence-corrected chi connectivity index (χ1v) is 5.80. The van der Waals surface area contributed by atoms with Crippen LogP contribution in [0.2, 0.25) is 0 Å². The number of benzene rings is 1. The second kappa shape index (κ2) is 4.57. The molecule has 0 amide bonds. The molecule has 0 fully saturated rings. The first-order chi connectivity index (χ1) is 8.43. The van der Waals surface area contributed by atoms with Gasteiger partial charge in [0.1, 0.15) is 5.67 Å². The Balaban J connectivity index is 2.52. The standard InChI is InChI=1S/C13H16FNO3/c1-13(2,14)9-6-12-11(17-7-18-12)5-8(9)10(16)3-4-15/h5-6H,3-4,7,15H2,1-2H3. The molecule has 0 saturated heterocycles. The predicted molar refractivity (Wildman–Crippen MR) is 64.7 cm³/mol. The molecule has 1 aliphatic rings. The second-order valence-corrected chi connectivity index (χ2v) is 4.69. The summed E-state index contributed by atoms with van der Waals surface area (Å²) in [6.07, 6.45) is 0.183. The minimum Gasteiger partial charge on any atom is -0.454 e. The van der Waals surface area contributed by atoms with E-state index in [2.05, 4.69) is 0 Å². The second-order valence-electron chi connectivity index (χ2n) is 4.69. The van der Waals surface area contributed by atoms with E-state index in [-0.39, 0.29) is 25.5 Å². The van der Waals surface area contributed by atoms with Crippen LogP contribution in [0.25, 0.3) is 0 Å². The Morgan fingerprint density at radius 1 is 1.39 bits per heavy atom. The Morgan fingerprint density at radius 2 is 2.00 bits per heavy atom. The largest absolute Gasteiger partial charge is 0.454 e. The number of halogens is 1. The van der Waals surface area contributed by atoms with E-state index in [1.807, 2.05) is 0 Å². The van der Waals surface area contributed by atoms with Gasteiger partial charge in [0.05, 0.1) is 0 Å². The maximum Gasteiger partial charge on any atom is 0.231 e. The molecule has 1 heterocycles. The Bertz CT molecular complexity index is 480. The lowest BCUT2D eigenvalue weighted by Crippen LogP contribution is -2.17. The molecule has 0 saturated carbocycles. The van der Waals surface area contributed by atoms with Crippen LogP contribution >= 0.6 is 0 Å². The minimum absolute atomic E-state index is 0.0933. The topological polar surface area (TPSA) is 61.6 Å². The van der Waals surface area contributed by atoms with Crippen molar-refractivity contribution < 1.29 is 18.7 Å². The fourth-order valence-electron chi connectivity index (χ4n) is 1.93. The molecular formula is C13H16FNO3. The molecule has 1 aromatic rings. The van der Waals surface area contributed by atoms with Gasteiger partial charge in [-0.15, -0.1) is 0 Å². The van der Waals surface area contributed by atoms with E-state index < -0.39 is 5.67 Å². The van der Waals surface area contributed by atoms with E-state index in [9.17, 15) is 9.18 Å². The highest BCUT2D eigenvalue weighted by molar-refractivity contribution is 5.98. The number of Topliss-reactive ketones (excluding diaryl/α,β-unsaturated/α-hetero) is 1. The summed E-state index contributed by atoms with van der Waals surface area (Å²) in [7, 11) is 0. The third-order valence-corrected chi connectivity index (χ3v) is 2.83. The van der Waals surface area contributed by atoms with Crippen LogP contribution in [0.5, 0.6) is 11.5 Å². The van der Waals surface area contributed by atoms with Gasteiger partial charge in [-0.2, -0.15) is 0 Å². The van der Waals surface area contributed by atoms with E-state index in [1.165, 1.54) is 26.0 Å². The van der Waals surface area contributed by atoms with Crippen LogP contribution in [0, 0.1) is 0 Å². The molecule has 2 rings (SSSR count). The Hall–Kier alpha value is -1.62. The molecule has 2 N–H and O–H groups in total. The molecule has 98 valence electrons. The summed E-state index contributed by atoms with van der Waals surface area (Å²) in [5.41, 5.74) is 4.37. The van der Waals surface area contributed by atoms with Gasteiger partial charge in [-0.3, -0.25) is 4.79 Å². The molecule has 5 heteroatoms.